The number of benzene rings is 3. The first-order chi connectivity index (χ1) is 9.78. The van der Waals surface area contributed by atoms with Crippen LogP contribution in [0.4, 0.5) is 0 Å². The predicted molar refractivity (Wildman–Crippen MR) is 82.5 cm³/mol. The predicted octanol–water partition coefficient (Wildman–Crippen LogP) is 4.18. The number of carbonyl (C=O) groups is 1. The lowest BCUT2D eigenvalue weighted by molar-refractivity contribution is -0.134. The Morgan fingerprint density at radius 1 is 0.950 bits per heavy atom. The van der Waals surface area contributed by atoms with Crippen LogP contribution in [0.5, 0.6) is 0 Å². The van der Waals surface area contributed by atoms with Crippen LogP contribution < -0.4 is 0 Å². The van der Waals surface area contributed by atoms with Crippen LogP contribution >= 0.6 is 0 Å². The Morgan fingerprint density at radius 2 is 1.65 bits per heavy atom. The second-order valence-electron chi connectivity index (χ2n) is 4.62. The molecule has 0 spiro atoms. The zero-order valence-electron chi connectivity index (χ0n) is 11.2. The van der Waals surface area contributed by atoms with Crippen LogP contribution in [0.3, 0.4) is 0 Å². The molecule has 0 N–H and O–H groups in total. The van der Waals surface area contributed by atoms with Gasteiger partial charge in [-0.15, -0.1) is 0 Å². The van der Waals surface area contributed by atoms with Crippen molar-refractivity contribution >= 4 is 33.6 Å². The van der Waals surface area contributed by atoms with E-state index in [-0.39, 0.29) is 5.97 Å². The first kappa shape index (κ1) is 12.4. The van der Waals surface area contributed by atoms with Crippen molar-refractivity contribution in [3.8, 4) is 0 Å². The molecule has 2 nitrogen and oxygen atoms in total. The summed E-state index contributed by atoms with van der Waals surface area (Å²) in [5, 5.41) is 4.82. The van der Waals surface area contributed by atoms with Crippen LogP contribution in [-0.4, -0.2) is 13.1 Å². The fourth-order valence-electron chi connectivity index (χ4n) is 2.36. The van der Waals surface area contributed by atoms with E-state index in [1.807, 2.05) is 18.2 Å². The minimum Gasteiger partial charge on any atom is -0.466 e. The number of esters is 1. The van der Waals surface area contributed by atoms with Crippen molar-refractivity contribution < 1.29 is 9.53 Å². The van der Waals surface area contributed by atoms with Crippen molar-refractivity contribution in [2.75, 3.05) is 7.11 Å². The molecular formula is C18H14O2. The van der Waals surface area contributed by atoms with Crippen LogP contribution in [0.15, 0.2) is 60.7 Å². The molecule has 0 aliphatic carbocycles. The van der Waals surface area contributed by atoms with Crippen molar-refractivity contribution in [1.82, 2.24) is 0 Å². The van der Waals surface area contributed by atoms with Gasteiger partial charge in [0.1, 0.15) is 0 Å². The molecule has 3 aromatic rings. The maximum absolute atomic E-state index is 11.2. The zero-order valence-corrected chi connectivity index (χ0v) is 11.2. The van der Waals surface area contributed by atoms with Crippen molar-refractivity contribution in [2.24, 2.45) is 0 Å². The van der Waals surface area contributed by atoms with Gasteiger partial charge in [0.15, 0.2) is 0 Å². The summed E-state index contributed by atoms with van der Waals surface area (Å²) in [5.41, 5.74) is 0.985. The van der Waals surface area contributed by atoms with E-state index in [1.165, 1.54) is 34.7 Å². The van der Waals surface area contributed by atoms with Gasteiger partial charge in [-0.3, -0.25) is 0 Å². The lowest BCUT2D eigenvalue weighted by atomic mass is 10.00. The van der Waals surface area contributed by atoms with Gasteiger partial charge in [0.2, 0.25) is 0 Å². The molecular weight excluding hydrogens is 248 g/mol. The number of rotatable bonds is 2. The van der Waals surface area contributed by atoms with Gasteiger partial charge in [-0.2, -0.15) is 0 Å². The van der Waals surface area contributed by atoms with Crippen LogP contribution in [0.1, 0.15) is 5.56 Å². The van der Waals surface area contributed by atoms with Gasteiger partial charge in [-0.25, -0.2) is 4.79 Å². The molecule has 3 aromatic carbocycles. The highest BCUT2D eigenvalue weighted by Gasteiger charge is 2.01. The van der Waals surface area contributed by atoms with Gasteiger partial charge in [0.05, 0.1) is 7.11 Å². The summed E-state index contributed by atoms with van der Waals surface area (Å²) < 4.78 is 4.60. The Bertz CT molecular complexity index is 816. The second kappa shape index (κ2) is 5.17. The molecule has 0 aliphatic heterocycles. The number of hydrogen-bond donors (Lipinski definition) is 0. The highest BCUT2D eigenvalue weighted by atomic mass is 16.5. The van der Waals surface area contributed by atoms with Gasteiger partial charge in [0.25, 0.3) is 0 Å². The summed E-state index contributed by atoms with van der Waals surface area (Å²) in [5.74, 6) is -0.344. The van der Waals surface area contributed by atoms with Crippen molar-refractivity contribution in [3.05, 3.63) is 66.2 Å². The molecule has 0 amide bonds. The molecule has 0 atom stereocenters. The number of fused-ring (bicyclic) bond motifs is 3. The molecule has 0 saturated heterocycles. The van der Waals surface area contributed by atoms with E-state index in [1.54, 1.807) is 6.08 Å². The number of hydrogen-bond acceptors (Lipinski definition) is 2. The smallest absolute Gasteiger partial charge is 0.330 e. The van der Waals surface area contributed by atoms with E-state index in [9.17, 15) is 4.79 Å². The summed E-state index contributed by atoms with van der Waals surface area (Å²) in [6.45, 7) is 0. The lowest BCUT2D eigenvalue weighted by Crippen LogP contribution is -1.93. The van der Waals surface area contributed by atoms with Crippen molar-refractivity contribution in [3.63, 3.8) is 0 Å². The van der Waals surface area contributed by atoms with Crippen molar-refractivity contribution in [2.45, 2.75) is 0 Å². The van der Waals surface area contributed by atoms with Crippen LogP contribution in [-0.2, 0) is 9.53 Å². The molecule has 3 rings (SSSR count). The van der Waals surface area contributed by atoms with Crippen LogP contribution in [0.25, 0.3) is 27.6 Å². The highest BCUT2D eigenvalue weighted by Crippen LogP contribution is 2.26. The van der Waals surface area contributed by atoms with E-state index < -0.39 is 0 Å². The second-order valence-corrected chi connectivity index (χ2v) is 4.62. The molecule has 98 valence electrons. The summed E-state index contributed by atoms with van der Waals surface area (Å²) in [6, 6.07) is 18.7. The van der Waals surface area contributed by atoms with Gasteiger partial charge < -0.3 is 4.74 Å². The normalized spacial score (nSPS) is 11.2. The number of carbonyl (C=O) groups excluding carboxylic acids is 1. The van der Waals surface area contributed by atoms with Crippen LogP contribution in [0, 0.1) is 0 Å². The molecule has 0 fully saturated rings. The lowest BCUT2D eigenvalue weighted by Gasteiger charge is -2.05. The summed E-state index contributed by atoms with van der Waals surface area (Å²) in [7, 11) is 1.38. The minimum absolute atomic E-state index is 0.344. The topological polar surface area (TPSA) is 26.3 Å². The average Bonchev–Trinajstić information content (AvgIpc) is 2.52. The van der Waals surface area contributed by atoms with Gasteiger partial charge >= 0.3 is 5.97 Å². The van der Waals surface area contributed by atoms with Crippen LogP contribution in [0.2, 0.25) is 0 Å². The quantitative estimate of drug-likeness (QED) is 0.393. The molecule has 20 heavy (non-hydrogen) atoms. The number of ether oxygens (including phenoxy) is 1. The monoisotopic (exact) mass is 262 g/mol. The fourth-order valence-corrected chi connectivity index (χ4v) is 2.36. The number of methoxy groups -OCH3 is 1. The minimum atomic E-state index is -0.344. The Hall–Kier alpha value is -2.61. The zero-order chi connectivity index (χ0) is 13.9. The van der Waals surface area contributed by atoms with E-state index in [2.05, 4.69) is 41.1 Å². The molecule has 0 bridgehead atoms. The SMILES string of the molecule is COC(=O)C=Cc1ccc2ccc3ccccc3c2c1. The third kappa shape index (κ3) is 2.28. The summed E-state index contributed by atoms with van der Waals surface area (Å²) >= 11 is 0. The fraction of sp³-hybridized carbons (Fsp3) is 0.0556. The van der Waals surface area contributed by atoms with Gasteiger partial charge in [-0.1, -0.05) is 48.5 Å². The molecule has 0 heterocycles. The highest BCUT2D eigenvalue weighted by molar-refractivity contribution is 6.08. The first-order valence-corrected chi connectivity index (χ1v) is 6.45. The Kier molecular flexibility index (Phi) is 3.21. The summed E-state index contributed by atoms with van der Waals surface area (Å²) in [4.78, 5) is 11.2. The third-order valence-corrected chi connectivity index (χ3v) is 3.38. The van der Waals surface area contributed by atoms with Gasteiger partial charge in [-0.05, 0) is 39.3 Å². The van der Waals surface area contributed by atoms with E-state index in [0.29, 0.717) is 0 Å². The van der Waals surface area contributed by atoms with Gasteiger partial charge in [0, 0.05) is 6.08 Å². The molecule has 0 unspecified atom stereocenters. The van der Waals surface area contributed by atoms with E-state index in [0.717, 1.165) is 5.56 Å². The molecule has 0 saturated carbocycles. The Morgan fingerprint density at radius 3 is 2.45 bits per heavy atom. The first-order valence-electron chi connectivity index (χ1n) is 6.45. The van der Waals surface area contributed by atoms with E-state index >= 15 is 0 Å². The Balaban J connectivity index is 2.16. The Labute approximate surface area is 117 Å². The molecule has 2 heteroatoms. The molecule has 0 aliphatic rings. The third-order valence-electron chi connectivity index (χ3n) is 3.38. The summed E-state index contributed by atoms with van der Waals surface area (Å²) in [6.07, 6.45) is 3.21. The standard InChI is InChI=1S/C18H14O2/c1-20-18(19)11-7-13-6-8-15-10-9-14-4-2-3-5-16(14)17(15)12-13/h2-12H,1H3. The molecule has 0 radical (unpaired) electrons. The largest absolute Gasteiger partial charge is 0.466 e. The van der Waals surface area contributed by atoms with E-state index in [4.69, 9.17) is 0 Å². The molecule has 0 aromatic heterocycles. The maximum atomic E-state index is 11.2. The average molecular weight is 262 g/mol. The maximum Gasteiger partial charge on any atom is 0.330 e. The van der Waals surface area contributed by atoms with Crippen molar-refractivity contribution in [1.29, 1.82) is 0 Å².